The van der Waals surface area contributed by atoms with Crippen LogP contribution < -0.4 is 0 Å². The first-order valence-electron chi connectivity index (χ1n) is 10.2. The fraction of sp³-hybridized carbons (Fsp3) is 0.455. The summed E-state index contributed by atoms with van der Waals surface area (Å²) in [5, 5.41) is 2.56. The van der Waals surface area contributed by atoms with Crippen molar-refractivity contribution < 1.29 is 13.6 Å². The number of hydrogen-bond donors (Lipinski definition) is 0. The number of nitrogens with zero attached hydrogens (tertiary/aromatic N) is 1. The Bertz CT molecular complexity index is 949. The van der Waals surface area contributed by atoms with Crippen LogP contribution in [0.3, 0.4) is 0 Å². The van der Waals surface area contributed by atoms with Crippen LogP contribution in [0, 0.1) is 0 Å². The first-order chi connectivity index (χ1) is 14.0. The van der Waals surface area contributed by atoms with Crippen LogP contribution in [-0.4, -0.2) is 23.9 Å². The van der Waals surface area contributed by atoms with E-state index in [0.29, 0.717) is 19.4 Å². The van der Waals surface area contributed by atoms with E-state index in [0.717, 1.165) is 41.2 Å². The van der Waals surface area contributed by atoms with Crippen LogP contribution >= 0.6 is 39.5 Å². The highest BCUT2D eigenvalue weighted by molar-refractivity contribution is 9.10. The van der Waals surface area contributed by atoms with Crippen LogP contribution in [0.4, 0.5) is 0 Å². The van der Waals surface area contributed by atoms with E-state index in [2.05, 4.69) is 72.8 Å². The predicted molar refractivity (Wildman–Crippen MR) is 129 cm³/mol. The molecule has 7 heteroatoms. The van der Waals surface area contributed by atoms with Gasteiger partial charge in [0.25, 0.3) is 0 Å². The van der Waals surface area contributed by atoms with Gasteiger partial charge in [0.05, 0.1) is 30.4 Å². The molecule has 0 unspecified atom stereocenters. The largest absolute Gasteiger partial charge is 0.340 e. The Balaban J connectivity index is 1.64. The minimum Gasteiger partial charge on any atom is -0.340 e. The molecule has 0 fully saturated rings. The standard InChI is InChI=1S/C22H28Br2NO3P/c1-3-27-29(26,28-4-2)14-8-6-5-7-13-25-21-15-17(23)9-11-19(21)20-12-10-18(24)16-22(20)25/h9-12,15-16H,3-8,13-14H2,1-2H3. The van der Waals surface area contributed by atoms with Gasteiger partial charge in [-0.1, -0.05) is 56.8 Å². The molecule has 2 aromatic carbocycles. The van der Waals surface area contributed by atoms with Crippen LogP contribution in [0.2, 0.25) is 0 Å². The van der Waals surface area contributed by atoms with Crippen molar-refractivity contribution >= 4 is 61.3 Å². The van der Waals surface area contributed by atoms with E-state index >= 15 is 0 Å². The fourth-order valence-corrected chi connectivity index (χ4v) is 6.20. The molecule has 0 spiro atoms. The second-order valence-corrected chi connectivity index (χ2v) is 11.1. The van der Waals surface area contributed by atoms with Gasteiger partial charge in [-0.05, 0) is 51.0 Å². The first-order valence-corrected chi connectivity index (χ1v) is 13.5. The van der Waals surface area contributed by atoms with Gasteiger partial charge < -0.3 is 13.6 Å². The molecule has 4 nitrogen and oxygen atoms in total. The zero-order chi connectivity index (χ0) is 20.9. The van der Waals surface area contributed by atoms with Gasteiger partial charge in [0.2, 0.25) is 0 Å². The highest BCUT2D eigenvalue weighted by atomic mass is 79.9. The van der Waals surface area contributed by atoms with Gasteiger partial charge in [0, 0.05) is 26.3 Å². The van der Waals surface area contributed by atoms with Crippen LogP contribution in [0.1, 0.15) is 39.5 Å². The molecule has 0 saturated heterocycles. The Kier molecular flexibility index (Phi) is 8.41. The van der Waals surface area contributed by atoms with Crippen molar-refractivity contribution in [2.75, 3.05) is 19.4 Å². The third-order valence-electron chi connectivity index (χ3n) is 5.01. The number of fused-ring (bicyclic) bond motifs is 3. The minimum atomic E-state index is -2.91. The summed E-state index contributed by atoms with van der Waals surface area (Å²) in [6.45, 7) is 5.52. The highest BCUT2D eigenvalue weighted by Gasteiger charge is 2.22. The van der Waals surface area contributed by atoms with E-state index in [1.54, 1.807) is 0 Å². The number of aromatic nitrogens is 1. The van der Waals surface area contributed by atoms with E-state index in [1.165, 1.54) is 21.8 Å². The Morgan fingerprint density at radius 1 is 0.828 bits per heavy atom. The van der Waals surface area contributed by atoms with Crippen LogP contribution in [-0.2, 0) is 20.2 Å². The normalized spacial score (nSPS) is 12.3. The number of rotatable bonds is 11. The molecular weight excluding hydrogens is 517 g/mol. The molecule has 0 aliphatic heterocycles. The van der Waals surface area contributed by atoms with Crippen LogP contribution in [0.25, 0.3) is 21.8 Å². The van der Waals surface area contributed by atoms with Crippen molar-refractivity contribution in [3.05, 3.63) is 45.3 Å². The van der Waals surface area contributed by atoms with Crippen molar-refractivity contribution in [1.82, 2.24) is 4.57 Å². The van der Waals surface area contributed by atoms with Crippen molar-refractivity contribution in [2.24, 2.45) is 0 Å². The lowest BCUT2D eigenvalue weighted by atomic mass is 10.2. The lowest BCUT2D eigenvalue weighted by molar-refractivity contribution is 0.219. The zero-order valence-corrected chi connectivity index (χ0v) is 21.1. The van der Waals surface area contributed by atoms with E-state index in [4.69, 9.17) is 9.05 Å². The molecule has 1 heterocycles. The van der Waals surface area contributed by atoms with Crippen LogP contribution in [0.15, 0.2) is 45.3 Å². The maximum Gasteiger partial charge on any atom is 0.330 e. The summed E-state index contributed by atoms with van der Waals surface area (Å²) in [7, 11) is -2.91. The summed E-state index contributed by atoms with van der Waals surface area (Å²) in [5.74, 6) is 0. The van der Waals surface area contributed by atoms with E-state index in [-0.39, 0.29) is 0 Å². The topological polar surface area (TPSA) is 40.5 Å². The molecule has 0 amide bonds. The lowest BCUT2D eigenvalue weighted by Gasteiger charge is -2.16. The molecule has 3 aromatic rings. The summed E-state index contributed by atoms with van der Waals surface area (Å²) in [5.41, 5.74) is 2.51. The van der Waals surface area contributed by atoms with E-state index in [9.17, 15) is 4.57 Å². The average molecular weight is 545 g/mol. The smallest absolute Gasteiger partial charge is 0.330 e. The molecule has 0 radical (unpaired) electrons. The Labute approximate surface area is 189 Å². The Morgan fingerprint density at radius 2 is 1.34 bits per heavy atom. The molecule has 29 heavy (non-hydrogen) atoms. The van der Waals surface area contributed by atoms with Gasteiger partial charge in [-0.25, -0.2) is 0 Å². The Morgan fingerprint density at radius 3 is 1.86 bits per heavy atom. The number of unbranched alkanes of at least 4 members (excludes halogenated alkanes) is 3. The molecule has 0 atom stereocenters. The van der Waals surface area contributed by atoms with Gasteiger partial charge in [-0.3, -0.25) is 4.57 Å². The van der Waals surface area contributed by atoms with Gasteiger partial charge in [-0.2, -0.15) is 0 Å². The summed E-state index contributed by atoms with van der Waals surface area (Å²) in [6, 6.07) is 13.0. The maximum absolute atomic E-state index is 12.5. The molecule has 0 bridgehead atoms. The molecule has 0 saturated carbocycles. The molecule has 3 rings (SSSR count). The van der Waals surface area contributed by atoms with Crippen LogP contribution in [0.5, 0.6) is 0 Å². The van der Waals surface area contributed by atoms with E-state index in [1.807, 2.05) is 13.8 Å². The quantitative estimate of drug-likeness (QED) is 0.180. The zero-order valence-electron chi connectivity index (χ0n) is 17.0. The summed E-state index contributed by atoms with van der Waals surface area (Å²) in [6.07, 6.45) is 4.55. The average Bonchev–Trinajstić information content (AvgIpc) is 2.97. The molecule has 1 aromatic heterocycles. The molecule has 0 aliphatic carbocycles. The van der Waals surface area contributed by atoms with E-state index < -0.39 is 7.60 Å². The monoisotopic (exact) mass is 543 g/mol. The third-order valence-corrected chi connectivity index (χ3v) is 8.16. The molecule has 158 valence electrons. The van der Waals surface area contributed by atoms with Crippen molar-refractivity contribution in [2.45, 2.75) is 46.1 Å². The number of benzene rings is 2. The van der Waals surface area contributed by atoms with Gasteiger partial charge in [0.15, 0.2) is 0 Å². The fourth-order valence-electron chi connectivity index (χ4n) is 3.77. The van der Waals surface area contributed by atoms with Crippen molar-refractivity contribution in [1.29, 1.82) is 0 Å². The van der Waals surface area contributed by atoms with Gasteiger partial charge in [-0.15, -0.1) is 0 Å². The number of hydrogen-bond acceptors (Lipinski definition) is 3. The second-order valence-electron chi connectivity index (χ2n) is 7.06. The number of halogens is 2. The maximum atomic E-state index is 12.5. The highest BCUT2D eigenvalue weighted by Crippen LogP contribution is 2.48. The number of aryl methyl sites for hydroxylation is 1. The Hall–Kier alpha value is -0.650. The molecule has 0 N–H and O–H groups in total. The third kappa shape index (κ3) is 5.74. The molecule has 0 aliphatic rings. The molecular formula is C22H28Br2NO3P. The van der Waals surface area contributed by atoms with Crippen molar-refractivity contribution in [3.8, 4) is 0 Å². The van der Waals surface area contributed by atoms with Gasteiger partial charge >= 0.3 is 7.60 Å². The summed E-state index contributed by atoms with van der Waals surface area (Å²) < 4.78 is 27.9. The second kappa shape index (κ2) is 10.6. The predicted octanol–water partition coefficient (Wildman–Crippen LogP) is 8.15. The lowest BCUT2D eigenvalue weighted by Crippen LogP contribution is -2.01. The SMILES string of the molecule is CCOP(=O)(CCCCCCn1c2cc(Br)ccc2c2ccc(Br)cc21)OCC. The summed E-state index contributed by atoms with van der Waals surface area (Å²) >= 11 is 7.22. The summed E-state index contributed by atoms with van der Waals surface area (Å²) in [4.78, 5) is 0. The van der Waals surface area contributed by atoms with Gasteiger partial charge in [0.1, 0.15) is 0 Å². The first kappa shape index (κ1) is 23.0. The minimum absolute atomic E-state index is 0.427. The van der Waals surface area contributed by atoms with Crippen molar-refractivity contribution in [3.63, 3.8) is 0 Å².